The third-order valence-electron chi connectivity index (χ3n) is 4.37. The lowest BCUT2D eigenvalue weighted by Crippen LogP contribution is -2.20. The molecule has 0 saturated carbocycles. The van der Waals surface area contributed by atoms with Crippen molar-refractivity contribution in [2.75, 3.05) is 19.0 Å². The number of non-ortho nitro benzene ring substituents is 1. The van der Waals surface area contributed by atoms with Gasteiger partial charge in [0.25, 0.3) is 17.5 Å². The SMILES string of the molecule is COc1cc(C=NNC(=O)c2cccc(Br)c2)ccc1OCC(=O)Nc1ccc([N+](=O)[O-])cc1. The molecule has 0 aliphatic heterocycles. The van der Waals surface area contributed by atoms with Crippen molar-refractivity contribution in [3.63, 3.8) is 0 Å². The number of carbonyl (C=O) groups excluding carboxylic acids is 2. The number of benzene rings is 3. The van der Waals surface area contributed by atoms with Crippen molar-refractivity contribution < 1.29 is 24.0 Å². The number of hydrogen-bond donors (Lipinski definition) is 2. The number of hydrogen-bond acceptors (Lipinski definition) is 7. The molecule has 3 rings (SSSR count). The van der Waals surface area contributed by atoms with Crippen LogP contribution in [0.5, 0.6) is 11.5 Å². The molecule has 2 N–H and O–H groups in total. The van der Waals surface area contributed by atoms with Crippen LogP contribution < -0.4 is 20.2 Å². The number of carbonyl (C=O) groups is 2. The monoisotopic (exact) mass is 526 g/mol. The van der Waals surface area contributed by atoms with E-state index in [1.807, 2.05) is 6.07 Å². The zero-order valence-electron chi connectivity index (χ0n) is 17.9. The highest BCUT2D eigenvalue weighted by atomic mass is 79.9. The second kappa shape index (κ2) is 11.6. The summed E-state index contributed by atoms with van der Waals surface area (Å²) in [5.74, 6) is -0.109. The Balaban J connectivity index is 1.55. The van der Waals surface area contributed by atoms with Gasteiger partial charge in [0.2, 0.25) is 0 Å². The Kier molecular flexibility index (Phi) is 8.30. The predicted molar refractivity (Wildman–Crippen MR) is 129 cm³/mol. The Morgan fingerprint density at radius 1 is 1.09 bits per heavy atom. The molecule has 11 heteroatoms. The molecule has 10 nitrogen and oxygen atoms in total. The molecule has 0 spiro atoms. The number of nitro benzene ring substituents is 1. The molecule has 0 radical (unpaired) electrons. The minimum absolute atomic E-state index is 0.0738. The van der Waals surface area contributed by atoms with E-state index >= 15 is 0 Å². The third kappa shape index (κ3) is 6.87. The molecule has 0 unspecified atom stereocenters. The van der Waals surface area contributed by atoms with Gasteiger partial charge >= 0.3 is 0 Å². The molecule has 0 bridgehead atoms. The number of methoxy groups -OCH3 is 1. The topological polar surface area (TPSA) is 132 Å². The van der Waals surface area contributed by atoms with E-state index in [1.165, 1.54) is 37.6 Å². The summed E-state index contributed by atoms with van der Waals surface area (Å²) in [6.45, 7) is -0.302. The van der Waals surface area contributed by atoms with Gasteiger partial charge in [-0.25, -0.2) is 5.43 Å². The van der Waals surface area contributed by atoms with Crippen molar-refractivity contribution in [3.8, 4) is 11.5 Å². The predicted octanol–water partition coefficient (Wildman–Crippen LogP) is 4.15. The van der Waals surface area contributed by atoms with Crippen LogP contribution in [-0.2, 0) is 4.79 Å². The maximum absolute atomic E-state index is 12.1. The van der Waals surface area contributed by atoms with Gasteiger partial charge in [0.1, 0.15) is 0 Å². The van der Waals surface area contributed by atoms with E-state index in [-0.39, 0.29) is 18.2 Å². The largest absolute Gasteiger partial charge is 0.493 e. The molecular formula is C23H19BrN4O6. The Morgan fingerprint density at radius 2 is 1.85 bits per heavy atom. The third-order valence-corrected chi connectivity index (χ3v) is 4.87. The second-order valence-electron chi connectivity index (χ2n) is 6.76. The van der Waals surface area contributed by atoms with Gasteiger partial charge < -0.3 is 14.8 Å². The maximum Gasteiger partial charge on any atom is 0.271 e. The first kappa shape index (κ1) is 24.4. The molecule has 0 saturated heterocycles. The Labute approximate surface area is 202 Å². The highest BCUT2D eigenvalue weighted by Gasteiger charge is 2.10. The van der Waals surface area contributed by atoms with Gasteiger partial charge in [-0.05, 0) is 54.1 Å². The molecule has 174 valence electrons. The average Bonchev–Trinajstić information content (AvgIpc) is 2.83. The summed E-state index contributed by atoms with van der Waals surface area (Å²) >= 11 is 3.31. The summed E-state index contributed by atoms with van der Waals surface area (Å²) < 4.78 is 11.6. The van der Waals surface area contributed by atoms with Crippen molar-refractivity contribution in [1.82, 2.24) is 5.43 Å². The zero-order valence-corrected chi connectivity index (χ0v) is 19.4. The number of nitrogens with zero attached hydrogens (tertiary/aromatic N) is 2. The van der Waals surface area contributed by atoms with Gasteiger partial charge in [0.15, 0.2) is 18.1 Å². The van der Waals surface area contributed by atoms with Gasteiger partial charge in [-0.15, -0.1) is 0 Å². The number of anilines is 1. The molecule has 0 aliphatic rings. The van der Waals surface area contributed by atoms with Crippen LogP contribution in [0.1, 0.15) is 15.9 Å². The number of halogens is 1. The Morgan fingerprint density at radius 3 is 2.53 bits per heavy atom. The lowest BCUT2D eigenvalue weighted by atomic mass is 10.2. The van der Waals surface area contributed by atoms with Gasteiger partial charge in [-0.2, -0.15) is 5.10 Å². The molecular weight excluding hydrogens is 508 g/mol. The van der Waals surface area contributed by atoms with E-state index < -0.39 is 10.8 Å². The van der Waals surface area contributed by atoms with E-state index in [2.05, 4.69) is 31.8 Å². The minimum atomic E-state index is -0.522. The van der Waals surface area contributed by atoms with Crippen molar-refractivity contribution in [2.45, 2.75) is 0 Å². The van der Waals surface area contributed by atoms with E-state index in [1.54, 1.807) is 36.4 Å². The number of amides is 2. The van der Waals surface area contributed by atoms with Gasteiger partial charge in [-0.1, -0.05) is 22.0 Å². The van der Waals surface area contributed by atoms with Crippen molar-refractivity contribution in [3.05, 3.63) is 92.4 Å². The van der Waals surface area contributed by atoms with Gasteiger partial charge in [-0.3, -0.25) is 19.7 Å². The number of nitro groups is 1. The summed E-state index contributed by atoms with van der Waals surface area (Å²) in [7, 11) is 1.45. The van der Waals surface area contributed by atoms with E-state index in [9.17, 15) is 19.7 Å². The molecule has 0 aromatic heterocycles. The minimum Gasteiger partial charge on any atom is -0.493 e. The standard InChI is InChI=1S/C23H19BrN4O6/c1-33-21-11-15(13-25-27-23(30)16-3-2-4-17(24)12-16)5-10-20(21)34-14-22(29)26-18-6-8-19(9-7-18)28(31)32/h2-13H,14H2,1H3,(H,26,29)(H,27,30). The molecule has 0 aliphatic carbocycles. The van der Waals surface area contributed by atoms with Crippen LogP contribution in [0, 0.1) is 10.1 Å². The summed E-state index contributed by atoms with van der Waals surface area (Å²) in [6, 6.07) is 17.3. The fourth-order valence-electron chi connectivity index (χ4n) is 2.75. The average molecular weight is 527 g/mol. The summed E-state index contributed by atoms with van der Waals surface area (Å²) in [4.78, 5) is 34.4. The van der Waals surface area contributed by atoms with Crippen LogP contribution in [0.2, 0.25) is 0 Å². The smallest absolute Gasteiger partial charge is 0.271 e. The molecule has 34 heavy (non-hydrogen) atoms. The lowest BCUT2D eigenvalue weighted by molar-refractivity contribution is -0.384. The maximum atomic E-state index is 12.1. The van der Waals surface area contributed by atoms with Crippen LogP contribution in [0.15, 0.2) is 76.3 Å². The molecule has 0 heterocycles. The lowest BCUT2D eigenvalue weighted by Gasteiger charge is -2.11. The van der Waals surface area contributed by atoms with Gasteiger partial charge in [0.05, 0.1) is 18.2 Å². The fourth-order valence-corrected chi connectivity index (χ4v) is 3.15. The fraction of sp³-hybridized carbons (Fsp3) is 0.0870. The summed E-state index contributed by atoms with van der Waals surface area (Å²) in [5, 5.41) is 17.2. The number of rotatable bonds is 9. The van der Waals surface area contributed by atoms with Crippen LogP contribution in [0.3, 0.4) is 0 Å². The van der Waals surface area contributed by atoms with E-state index in [0.717, 1.165) is 4.47 Å². The molecule has 3 aromatic carbocycles. The number of hydrazone groups is 1. The molecule has 3 aromatic rings. The van der Waals surface area contributed by atoms with Crippen LogP contribution >= 0.6 is 15.9 Å². The van der Waals surface area contributed by atoms with E-state index in [4.69, 9.17) is 9.47 Å². The molecule has 0 atom stereocenters. The van der Waals surface area contributed by atoms with Crippen molar-refractivity contribution in [2.24, 2.45) is 5.10 Å². The van der Waals surface area contributed by atoms with Crippen molar-refractivity contribution in [1.29, 1.82) is 0 Å². The summed E-state index contributed by atoms with van der Waals surface area (Å²) in [6.07, 6.45) is 1.45. The highest BCUT2D eigenvalue weighted by molar-refractivity contribution is 9.10. The van der Waals surface area contributed by atoms with E-state index in [0.29, 0.717) is 28.3 Å². The quantitative estimate of drug-likeness (QED) is 0.244. The van der Waals surface area contributed by atoms with Crippen LogP contribution in [-0.4, -0.2) is 36.7 Å². The first-order chi connectivity index (χ1) is 16.4. The van der Waals surface area contributed by atoms with Crippen molar-refractivity contribution >= 4 is 45.3 Å². The normalized spacial score (nSPS) is 10.5. The number of ether oxygens (including phenoxy) is 2. The van der Waals surface area contributed by atoms with Crippen LogP contribution in [0.4, 0.5) is 11.4 Å². The zero-order chi connectivity index (χ0) is 24.5. The highest BCUT2D eigenvalue weighted by Crippen LogP contribution is 2.27. The second-order valence-corrected chi connectivity index (χ2v) is 7.68. The Bertz CT molecular complexity index is 1230. The van der Waals surface area contributed by atoms with Crippen LogP contribution in [0.25, 0.3) is 0 Å². The first-order valence-corrected chi connectivity index (χ1v) is 10.6. The first-order valence-electron chi connectivity index (χ1n) is 9.80. The van der Waals surface area contributed by atoms with Gasteiger partial charge in [0, 0.05) is 27.9 Å². The summed E-state index contributed by atoms with van der Waals surface area (Å²) in [5.41, 5.74) is 3.87. The molecule has 2 amide bonds. The Hall–Kier alpha value is -4.25. The number of nitrogens with one attached hydrogen (secondary N) is 2. The molecule has 0 fully saturated rings.